The standard InChI is InChI=1S/C13H29N3.HI/c1-10(2)8-13(6,7)9-15-11(14)16-12(3,4)5;/h10H,8-9H2,1-7H3,(H3,14,15,16);1H. The third-order valence-electron chi connectivity index (χ3n) is 2.14. The molecule has 0 rings (SSSR count). The van der Waals surface area contributed by atoms with Gasteiger partial charge in [-0.15, -0.1) is 24.0 Å². The Balaban J connectivity index is 0. The van der Waals surface area contributed by atoms with Gasteiger partial charge in [-0.3, -0.25) is 4.99 Å². The molecule has 0 aromatic rings. The fourth-order valence-electron chi connectivity index (χ4n) is 1.89. The fourth-order valence-corrected chi connectivity index (χ4v) is 1.89. The number of guanidine groups is 1. The van der Waals surface area contributed by atoms with Crippen molar-refractivity contribution in [1.82, 2.24) is 5.32 Å². The van der Waals surface area contributed by atoms with E-state index in [1.54, 1.807) is 0 Å². The van der Waals surface area contributed by atoms with Crippen LogP contribution in [0.15, 0.2) is 4.99 Å². The Labute approximate surface area is 124 Å². The van der Waals surface area contributed by atoms with Crippen LogP contribution in [0.25, 0.3) is 0 Å². The summed E-state index contributed by atoms with van der Waals surface area (Å²) in [4.78, 5) is 4.42. The predicted octanol–water partition coefficient (Wildman–Crippen LogP) is 3.38. The molecule has 0 atom stereocenters. The van der Waals surface area contributed by atoms with Crippen molar-refractivity contribution in [2.24, 2.45) is 22.1 Å². The molecule has 0 amide bonds. The molecule has 0 saturated heterocycles. The van der Waals surface area contributed by atoms with Gasteiger partial charge in [0.2, 0.25) is 0 Å². The molecule has 0 saturated carbocycles. The van der Waals surface area contributed by atoms with Crippen LogP contribution in [0.2, 0.25) is 0 Å². The van der Waals surface area contributed by atoms with E-state index in [9.17, 15) is 0 Å². The third kappa shape index (κ3) is 12.2. The van der Waals surface area contributed by atoms with Gasteiger partial charge < -0.3 is 11.1 Å². The van der Waals surface area contributed by atoms with E-state index < -0.39 is 0 Å². The number of rotatable bonds is 4. The normalized spacial score (nSPS) is 13.5. The van der Waals surface area contributed by atoms with Crippen LogP contribution in [0.4, 0.5) is 0 Å². The quantitative estimate of drug-likeness (QED) is 0.461. The number of aliphatic imine (C=N–C) groups is 1. The van der Waals surface area contributed by atoms with E-state index in [1.165, 1.54) is 6.42 Å². The number of nitrogens with one attached hydrogen (secondary N) is 1. The Hall–Kier alpha value is 0. The molecule has 0 radical (unpaired) electrons. The maximum Gasteiger partial charge on any atom is 0.189 e. The monoisotopic (exact) mass is 355 g/mol. The number of hydrogen-bond donors (Lipinski definition) is 2. The zero-order chi connectivity index (χ0) is 13.0. The van der Waals surface area contributed by atoms with E-state index in [0.29, 0.717) is 11.9 Å². The van der Waals surface area contributed by atoms with Gasteiger partial charge in [0.1, 0.15) is 0 Å². The molecule has 0 bridgehead atoms. The van der Waals surface area contributed by atoms with Crippen molar-refractivity contribution in [3.63, 3.8) is 0 Å². The summed E-state index contributed by atoms with van der Waals surface area (Å²) in [6.45, 7) is 16.0. The van der Waals surface area contributed by atoms with Crippen LogP contribution in [-0.2, 0) is 0 Å². The Morgan fingerprint density at radius 1 is 1.18 bits per heavy atom. The van der Waals surface area contributed by atoms with Gasteiger partial charge >= 0.3 is 0 Å². The lowest BCUT2D eigenvalue weighted by molar-refractivity contribution is 0.298. The van der Waals surface area contributed by atoms with Crippen molar-refractivity contribution in [3.05, 3.63) is 0 Å². The largest absolute Gasteiger partial charge is 0.370 e. The van der Waals surface area contributed by atoms with E-state index in [4.69, 9.17) is 5.73 Å². The first kappa shape index (κ1) is 19.3. The minimum absolute atomic E-state index is 0. The van der Waals surface area contributed by atoms with Gasteiger partial charge in [0, 0.05) is 12.1 Å². The lowest BCUT2D eigenvalue weighted by Gasteiger charge is -2.26. The molecule has 3 nitrogen and oxygen atoms in total. The first-order valence-corrected chi connectivity index (χ1v) is 6.10. The first-order valence-electron chi connectivity index (χ1n) is 6.10. The molecular formula is C13H30IN3. The smallest absolute Gasteiger partial charge is 0.189 e. The van der Waals surface area contributed by atoms with Crippen molar-refractivity contribution < 1.29 is 0 Å². The summed E-state index contributed by atoms with van der Waals surface area (Å²) in [6, 6.07) is 0. The van der Waals surface area contributed by atoms with E-state index in [0.717, 1.165) is 6.54 Å². The Kier molecular flexibility index (Phi) is 8.46. The molecule has 0 aliphatic carbocycles. The van der Waals surface area contributed by atoms with Crippen LogP contribution < -0.4 is 11.1 Å². The average molecular weight is 355 g/mol. The number of halogens is 1. The van der Waals surface area contributed by atoms with Crippen molar-refractivity contribution >= 4 is 29.9 Å². The zero-order valence-electron chi connectivity index (χ0n) is 12.4. The minimum atomic E-state index is -0.0181. The topological polar surface area (TPSA) is 50.4 Å². The van der Waals surface area contributed by atoms with Crippen LogP contribution in [0.3, 0.4) is 0 Å². The van der Waals surface area contributed by atoms with Crippen molar-refractivity contribution in [2.45, 2.75) is 60.4 Å². The second-order valence-electron chi connectivity index (χ2n) is 6.84. The molecule has 0 aliphatic rings. The fraction of sp³-hybridized carbons (Fsp3) is 0.923. The maximum absolute atomic E-state index is 5.84. The number of nitrogens with zero attached hydrogens (tertiary/aromatic N) is 1. The van der Waals surface area contributed by atoms with Crippen LogP contribution in [0, 0.1) is 11.3 Å². The van der Waals surface area contributed by atoms with Crippen molar-refractivity contribution in [1.29, 1.82) is 0 Å². The summed E-state index contributed by atoms with van der Waals surface area (Å²) >= 11 is 0. The third-order valence-corrected chi connectivity index (χ3v) is 2.14. The van der Waals surface area contributed by atoms with Gasteiger partial charge in [0.15, 0.2) is 5.96 Å². The molecule has 17 heavy (non-hydrogen) atoms. The molecule has 3 N–H and O–H groups in total. The van der Waals surface area contributed by atoms with Gasteiger partial charge in [-0.05, 0) is 38.5 Å². The van der Waals surface area contributed by atoms with E-state index in [-0.39, 0.29) is 34.9 Å². The van der Waals surface area contributed by atoms with E-state index in [1.807, 2.05) is 0 Å². The molecular weight excluding hydrogens is 325 g/mol. The summed E-state index contributed by atoms with van der Waals surface area (Å²) in [5.41, 5.74) is 6.04. The predicted molar refractivity (Wildman–Crippen MR) is 88.0 cm³/mol. The lowest BCUT2D eigenvalue weighted by atomic mass is 9.84. The van der Waals surface area contributed by atoms with Gasteiger partial charge in [0.05, 0.1) is 0 Å². The molecule has 0 fully saturated rings. The van der Waals surface area contributed by atoms with Crippen LogP contribution >= 0.6 is 24.0 Å². The lowest BCUT2D eigenvalue weighted by Crippen LogP contribution is -2.45. The van der Waals surface area contributed by atoms with E-state index in [2.05, 4.69) is 58.8 Å². The molecule has 0 spiro atoms. The van der Waals surface area contributed by atoms with Gasteiger partial charge in [-0.2, -0.15) is 0 Å². The van der Waals surface area contributed by atoms with Crippen LogP contribution in [0.5, 0.6) is 0 Å². The average Bonchev–Trinajstić information content (AvgIpc) is 1.95. The molecule has 0 unspecified atom stereocenters. The summed E-state index contributed by atoms with van der Waals surface area (Å²) in [5, 5.41) is 3.17. The van der Waals surface area contributed by atoms with Gasteiger partial charge in [-0.25, -0.2) is 0 Å². The number of hydrogen-bond acceptors (Lipinski definition) is 1. The summed E-state index contributed by atoms with van der Waals surface area (Å²) < 4.78 is 0. The second-order valence-corrected chi connectivity index (χ2v) is 6.84. The molecule has 0 aromatic carbocycles. The highest BCUT2D eigenvalue weighted by atomic mass is 127. The SMILES string of the molecule is CC(C)CC(C)(C)CN=C(N)NC(C)(C)C.I. The van der Waals surface area contributed by atoms with Gasteiger partial charge in [-0.1, -0.05) is 27.7 Å². The van der Waals surface area contributed by atoms with Crippen molar-refractivity contribution in [3.8, 4) is 0 Å². The maximum atomic E-state index is 5.84. The Morgan fingerprint density at radius 2 is 1.65 bits per heavy atom. The molecule has 0 aliphatic heterocycles. The second kappa shape index (κ2) is 7.44. The highest BCUT2D eigenvalue weighted by Gasteiger charge is 2.19. The zero-order valence-corrected chi connectivity index (χ0v) is 14.8. The van der Waals surface area contributed by atoms with Crippen molar-refractivity contribution in [2.75, 3.05) is 6.54 Å². The van der Waals surface area contributed by atoms with E-state index >= 15 is 0 Å². The summed E-state index contributed by atoms with van der Waals surface area (Å²) in [7, 11) is 0. The minimum Gasteiger partial charge on any atom is -0.370 e. The molecule has 104 valence electrons. The number of nitrogens with two attached hydrogens (primary N) is 1. The molecule has 0 heterocycles. The Morgan fingerprint density at radius 3 is 2.00 bits per heavy atom. The summed E-state index contributed by atoms with van der Waals surface area (Å²) in [6.07, 6.45) is 1.17. The van der Waals surface area contributed by atoms with Gasteiger partial charge in [0.25, 0.3) is 0 Å². The molecule has 4 heteroatoms. The summed E-state index contributed by atoms with van der Waals surface area (Å²) in [5.74, 6) is 1.24. The highest BCUT2D eigenvalue weighted by molar-refractivity contribution is 14.0. The van der Waals surface area contributed by atoms with Crippen LogP contribution in [0.1, 0.15) is 54.9 Å². The highest BCUT2D eigenvalue weighted by Crippen LogP contribution is 2.25. The molecule has 0 aromatic heterocycles. The Bertz CT molecular complexity index is 240. The first-order chi connectivity index (χ1) is 7.02. The van der Waals surface area contributed by atoms with Crippen LogP contribution in [-0.4, -0.2) is 18.0 Å².